The van der Waals surface area contributed by atoms with E-state index in [1.165, 1.54) is 0 Å². The third-order valence-corrected chi connectivity index (χ3v) is 2.54. The third-order valence-electron chi connectivity index (χ3n) is 2.54. The second-order valence-corrected chi connectivity index (χ2v) is 4.26. The SMILES string of the molecule is Cc1cc(C)cc(NC(=O)c2[nH]ncc2C)c1. The average Bonchev–Trinajstić information content (AvgIpc) is 2.62. The Bertz CT molecular complexity index is 537. The molecule has 1 heterocycles. The van der Waals surface area contributed by atoms with Crippen LogP contribution < -0.4 is 5.32 Å². The van der Waals surface area contributed by atoms with Crippen molar-refractivity contribution in [2.24, 2.45) is 0 Å². The smallest absolute Gasteiger partial charge is 0.273 e. The van der Waals surface area contributed by atoms with Crippen LogP contribution in [0.1, 0.15) is 27.2 Å². The van der Waals surface area contributed by atoms with Crippen molar-refractivity contribution < 1.29 is 4.79 Å². The fraction of sp³-hybridized carbons (Fsp3) is 0.231. The van der Waals surface area contributed by atoms with Gasteiger partial charge in [-0.2, -0.15) is 5.10 Å². The minimum absolute atomic E-state index is 0.162. The largest absolute Gasteiger partial charge is 0.321 e. The first-order chi connectivity index (χ1) is 8.06. The van der Waals surface area contributed by atoms with Gasteiger partial charge in [0.25, 0.3) is 5.91 Å². The third kappa shape index (κ3) is 2.53. The van der Waals surface area contributed by atoms with Crippen LogP contribution >= 0.6 is 0 Å². The van der Waals surface area contributed by atoms with Gasteiger partial charge in [-0.15, -0.1) is 0 Å². The van der Waals surface area contributed by atoms with Crippen LogP contribution in [-0.4, -0.2) is 16.1 Å². The van der Waals surface area contributed by atoms with Gasteiger partial charge in [-0.05, 0) is 49.6 Å². The van der Waals surface area contributed by atoms with Crippen LogP contribution in [0.25, 0.3) is 0 Å². The Hall–Kier alpha value is -2.10. The van der Waals surface area contributed by atoms with Gasteiger partial charge in [0.05, 0.1) is 6.20 Å². The molecule has 0 fully saturated rings. The quantitative estimate of drug-likeness (QED) is 0.831. The summed E-state index contributed by atoms with van der Waals surface area (Å²) >= 11 is 0. The van der Waals surface area contributed by atoms with Crippen molar-refractivity contribution in [3.63, 3.8) is 0 Å². The Balaban J connectivity index is 2.21. The van der Waals surface area contributed by atoms with Gasteiger partial charge in [-0.3, -0.25) is 9.89 Å². The van der Waals surface area contributed by atoms with Crippen molar-refractivity contribution in [3.8, 4) is 0 Å². The summed E-state index contributed by atoms with van der Waals surface area (Å²) in [7, 11) is 0. The Morgan fingerprint density at radius 3 is 2.35 bits per heavy atom. The molecule has 1 aromatic heterocycles. The van der Waals surface area contributed by atoms with E-state index in [4.69, 9.17) is 0 Å². The highest BCUT2D eigenvalue weighted by molar-refractivity contribution is 6.03. The number of aryl methyl sites for hydroxylation is 3. The molecule has 4 nitrogen and oxygen atoms in total. The summed E-state index contributed by atoms with van der Waals surface area (Å²) in [6, 6.07) is 5.95. The minimum atomic E-state index is -0.162. The Labute approximate surface area is 100 Å². The monoisotopic (exact) mass is 229 g/mol. The molecule has 1 aromatic carbocycles. The second-order valence-electron chi connectivity index (χ2n) is 4.26. The number of nitrogens with zero attached hydrogens (tertiary/aromatic N) is 1. The van der Waals surface area contributed by atoms with E-state index in [1.807, 2.05) is 32.9 Å². The van der Waals surface area contributed by atoms with E-state index < -0.39 is 0 Å². The van der Waals surface area contributed by atoms with Crippen molar-refractivity contribution in [1.29, 1.82) is 0 Å². The van der Waals surface area contributed by atoms with Crippen LogP contribution in [0, 0.1) is 20.8 Å². The molecule has 0 radical (unpaired) electrons. The van der Waals surface area contributed by atoms with Gasteiger partial charge in [0.15, 0.2) is 0 Å². The zero-order valence-corrected chi connectivity index (χ0v) is 10.2. The first-order valence-corrected chi connectivity index (χ1v) is 5.46. The number of benzene rings is 1. The topological polar surface area (TPSA) is 57.8 Å². The van der Waals surface area contributed by atoms with Crippen molar-refractivity contribution in [1.82, 2.24) is 10.2 Å². The number of H-pyrrole nitrogens is 1. The predicted molar refractivity (Wildman–Crippen MR) is 67.2 cm³/mol. The number of hydrogen-bond donors (Lipinski definition) is 2. The molecule has 0 aliphatic heterocycles. The van der Waals surface area contributed by atoms with Crippen molar-refractivity contribution >= 4 is 11.6 Å². The number of carbonyl (C=O) groups excluding carboxylic acids is 1. The lowest BCUT2D eigenvalue weighted by Gasteiger charge is -2.06. The lowest BCUT2D eigenvalue weighted by Crippen LogP contribution is -2.13. The van der Waals surface area contributed by atoms with E-state index in [1.54, 1.807) is 6.20 Å². The second kappa shape index (κ2) is 4.41. The van der Waals surface area contributed by atoms with Crippen LogP contribution in [0.3, 0.4) is 0 Å². The van der Waals surface area contributed by atoms with Gasteiger partial charge >= 0.3 is 0 Å². The summed E-state index contributed by atoms with van der Waals surface area (Å²) < 4.78 is 0. The van der Waals surface area contributed by atoms with Gasteiger partial charge in [0.1, 0.15) is 5.69 Å². The number of nitrogens with one attached hydrogen (secondary N) is 2. The number of aromatic nitrogens is 2. The molecule has 2 N–H and O–H groups in total. The van der Waals surface area contributed by atoms with Crippen molar-refractivity contribution in [3.05, 3.63) is 46.8 Å². The molecule has 0 saturated heterocycles. The van der Waals surface area contributed by atoms with E-state index in [9.17, 15) is 4.79 Å². The minimum Gasteiger partial charge on any atom is -0.321 e. The lowest BCUT2D eigenvalue weighted by molar-refractivity contribution is 0.102. The van der Waals surface area contributed by atoms with Crippen LogP contribution in [0.15, 0.2) is 24.4 Å². The maximum Gasteiger partial charge on any atom is 0.273 e. The normalized spacial score (nSPS) is 10.3. The number of aromatic amines is 1. The van der Waals surface area contributed by atoms with Crippen LogP contribution in [-0.2, 0) is 0 Å². The average molecular weight is 229 g/mol. The van der Waals surface area contributed by atoms with E-state index in [0.717, 1.165) is 22.4 Å². The highest BCUT2D eigenvalue weighted by Crippen LogP contribution is 2.15. The molecule has 0 aliphatic rings. The fourth-order valence-electron chi connectivity index (χ4n) is 1.82. The first kappa shape index (κ1) is 11.4. The summed E-state index contributed by atoms with van der Waals surface area (Å²) in [4.78, 5) is 11.9. The molecule has 2 aromatic rings. The molecule has 0 atom stereocenters. The molecule has 88 valence electrons. The molecule has 0 aliphatic carbocycles. The van der Waals surface area contributed by atoms with E-state index in [0.29, 0.717) is 5.69 Å². The molecule has 0 saturated carbocycles. The van der Waals surface area contributed by atoms with Gasteiger partial charge in [-0.25, -0.2) is 0 Å². The van der Waals surface area contributed by atoms with Crippen molar-refractivity contribution in [2.45, 2.75) is 20.8 Å². The van der Waals surface area contributed by atoms with Crippen LogP contribution in [0.2, 0.25) is 0 Å². The maximum absolute atomic E-state index is 11.9. The number of amides is 1. The molecule has 2 rings (SSSR count). The molecule has 0 bridgehead atoms. The highest BCUT2D eigenvalue weighted by atomic mass is 16.1. The van der Waals surface area contributed by atoms with E-state index >= 15 is 0 Å². The first-order valence-electron chi connectivity index (χ1n) is 5.46. The van der Waals surface area contributed by atoms with Crippen molar-refractivity contribution in [2.75, 3.05) is 5.32 Å². The molecule has 0 spiro atoms. The standard InChI is InChI=1S/C13H15N3O/c1-8-4-9(2)6-11(5-8)15-13(17)12-10(3)7-14-16-12/h4-7H,1-3H3,(H,14,16)(H,15,17). The molecule has 17 heavy (non-hydrogen) atoms. The maximum atomic E-state index is 11.9. The molecule has 4 heteroatoms. The van der Waals surface area contributed by atoms with Crippen LogP contribution in [0.5, 0.6) is 0 Å². The van der Waals surface area contributed by atoms with Gasteiger partial charge < -0.3 is 5.32 Å². The van der Waals surface area contributed by atoms with Crippen LogP contribution in [0.4, 0.5) is 5.69 Å². The number of anilines is 1. The van der Waals surface area contributed by atoms with Gasteiger partial charge in [0.2, 0.25) is 0 Å². The van der Waals surface area contributed by atoms with E-state index in [-0.39, 0.29) is 5.91 Å². The molecule has 0 unspecified atom stereocenters. The Morgan fingerprint density at radius 2 is 1.82 bits per heavy atom. The summed E-state index contributed by atoms with van der Waals surface area (Å²) in [5.41, 5.74) is 4.40. The summed E-state index contributed by atoms with van der Waals surface area (Å²) in [6.45, 7) is 5.86. The fourth-order valence-corrected chi connectivity index (χ4v) is 1.82. The van der Waals surface area contributed by atoms with Gasteiger partial charge in [-0.1, -0.05) is 6.07 Å². The van der Waals surface area contributed by atoms with E-state index in [2.05, 4.69) is 21.6 Å². The summed E-state index contributed by atoms with van der Waals surface area (Å²) in [5, 5.41) is 9.38. The lowest BCUT2D eigenvalue weighted by atomic mass is 10.1. The molecular formula is C13H15N3O. The summed E-state index contributed by atoms with van der Waals surface area (Å²) in [6.07, 6.45) is 1.64. The number of carbonyl (C=O) groups is 1. The highest BCUT2D eigenvalue weighted by Gasteiger charge is 2.11. The molecular weight excluding hydrogens is 214 g/mol. The Morgan fingerprint density at radius 1 is 1.18 bits per heavy atom. The predicted octanol–water partition coefficient (Wildman–Crippen LogP) is 2.59. The number of hydrogen-bond acceptors (Lipinski definition) is 2. The Kier molecular flexibility index (Phi) is 2.95. The zero-order chi connectivity index (χ0) is 12.4. The summed E-state index contributed by atoms with van der Waals surface area (Å²) in [5.74, 6) is -0.162. The zero-order valence-electron chi connectivity index (χ0n) is 10.2. The van der Waals surface area contributed by atoms with Gasteiger partial charge in [0, 0.05) is 5.69 Å². The number of rotatable bonds is 2. The molecule has 1 amide bonds.